The van der Waals surface area contributed by atoms with Crippen LogP contribution in [0.25, 0.3) is 0 Å². The molecule has 0 amide bonds. The monoisotopic (exact) mass is 249 g/mol. The molecule has 0 aromatic heterocycles. The van der Waals surface area contributed by atoms with E-state index < -0.39 is 10.2 Å². The van der Waals surface area contributed by atoms with Crippen LogP contribution in [0.1, 0.15) is 6.92 Å². The summed E-state index contributed by atoms with van der Waals surface area (Å²) in [4.78, 5) is 0. The van der Waals surface area contributed by atoms with Crippen LogP contribution in [0.5, 0.6) is 0 Å². The second-order valence-electron chi connectivity index (χ2n) is 2.83. The second kappa shape index (κ2) is 4.69. The fourth-order valence-corrected chi connectivity index (χ4v) is 2.08. The number of rotatable bonds is 4. The molecule has 7 heteroatoms. The Bertz CT molecular complexity index is 447. The number of hydrogen-bond acceptors (Lipinski definition) is 3. The van der Waals surface area contributed by atoms with E-state index >= 15 is 0 Å². The van der Waals surface area contributed by atoms with Crippen LogP contribution in [0.3, 0.4) is 0 Å². The minimum Gasteiger partial charge on any atom is -0.397 e. The van der Waals surface area contributed by atoms with Crippen molar-refractivity contribution in [2.75, 3.05) is 17.0 Å². The standard InChI is InChI=1S/C8H12ClN3O2S/c1-2-11-15(13,14)12-8-5-6(9)3-4-7(8)10/h3-5,11-12H,2,10H2,1H3. The average molecular weight is 250 g/mol. The topological polar surface area (TPSA) is 84.2 Å². The molecule has 0 saturated heterocycles. The Morgan fingerprint density at radius 2 is 2.13 bits per heavy atom. The maximum absolute atomic E-state index is 11.3. The van der Waals surface area contributed by atoms with Gasteiger partial charge in [-0.05, 0) is 18.2 Å². The molecular weight excluding hydrogens is 238 g/mol. The third-order valence-corrected chi connectivity index (χ3v) is 2.99. The molecule has 0 atom stereocenters. The van der Waals surface area contributed by atoms with Gasteiger partial charge in [0.1, 0.15) is 0 Å². The summed E-state index contributed by atoms with van der Waals surface area (Å²) >= 11 is 5.71. The average Bonchev–Trinajstić information content (AvgIpc) is 2.10. The summed E-state index contributed by atoms with van der Waals surface area (Å²) in [5, 5.41) is 0.415. The van der Waals surface area contributed by atoms with Gasteiger partial charge in [-0.15, -0.1) is 0 Å². The van der Waals surface area contributed by atoms with Crippen molar-refractivity contribution in [3.8, 4) is 0 Å². The van der Waals surface area contributed by atoms with Crippen molar-refractivity contribution in [1.29, 1.82) is 0 Å². The molecule has 0 fully saturated rings. The van der Waals surface area contributed by atoms with Crippen molar-refractivity contribution < 1.29 is 8.42 Å². The molecule has 0 bridgehead atoms. The first kappa shape index (κ1) is 12.1. The van der Waals surface area contributed by atoms with Gasteiger partial charge in [0.2, 0.25) is 0 Å². The van der Waals surface area contributed by atoms with Gasteiger partial charge in [-0.25, -0.2) is 0 Å². The molecule has 0 heterocycles. The normalized spacial score (nSPS) is 11.3. The van der Waals surface area contributed by atoms with E-state index in [0.29, 0.717) is 17.3 Å². The molecule has 0 spiro atoms. The minimum absolute atomic E-state index is 0.267. The molecule has 1 aromatic rings. The van der Waals surface area contributed by atoms with Gasteiger partial charge in [0, 0.05) is 11.6 Å². The van der Waals surface area contributed by atoms with E-state index in [1.165, 1.54) is 12.1 Å². The fraction of sp³-hybridized carbons (Fsp3) is 0.250. The minimum atomic E-state index is -3.56. The van der Waals surface area contributed by atoms with Gasteiger partial charge in [-0.2, -0.15) is 13.1 Å². The zero-order chi connectivity index (χ0) is 11.5. The summed E-state index contributed by atoms with van der Waals surface area (Å²) < 4.78 is 27.2. The summed E-state index contributed by atoms with van der Waals surface area (Å²) in [6, 6.07) is 4.57. The van der Waals surface area contributed by atoms with Gasteiger partial charge in [0.15, 0.2) is 0 Å². The number of halogens is 1. The molecule has 0 aliphatic heterocycles. The largest absolute Gasteiger partial charge is 0.397 e. The smallest absolute Gasteiger partial charge is 0.299 e. The molecule has 0 saturated carbocycles. The van der Waals surface area contributed by atoms with Crippen molar-refractivity contribution in [3.05, 3.63) is 23.2 Å². The summed E-state index contributed by atoms with van der Waals surface area (Å²) in [6.45, 7) is 1.98. The van der Waals surface area contributed by atoms with Crippen LogP contribution in [0.2, 0.25) is 5.02 Å². The molecule has 1 aromatic carbocycles. The molecule has 0 unspecified atom stereocenters. The first-order valence-corrected chi connectivity index (χ1v) is 6.13. The highest BCUT2D eigenvalue weighted by molar-refractivity contribution is 7.90. The lowest BCUT2D eigenvalue weighted by Crippen LogP contribution is -2.30. The molecule has 5 nitrogen and oxygen atoms in total. The van der Waals surface area contributed by atoms with E-state index in [-0.39, 0.29) is 5.69 Å². The third-order valence-electron chi connectivity index (χ3n) is 1.59. The zero-order valence-corrected chi connectivity index (χ0v) is 9.69. The van der Waals surface area contributed by atoms with Crippen LogP contribution in [0.15, 0.2) is 18.2 Å². The van der Waals surface area contributed by atoms with Crippen molar-refractivity contribution in [3.63, 3.8) is 0 Å². The maximum Gasteiger partial charge on any atom is 0.299 e. The SMILES string of the molecule is CCNS(=O)(=O)Nc1cc(Cl)ccc1N. The van der Waals surface area contributed by atoms with Crippen molar-refractivity contribution in [2.45, 2.75) is 6.92 Å². The molecule has 1 rings (SSSR count). The molecule has 4 N–H and O–H groups in total. The highest BCUT2D eigenvalue weighted by Crippen LogP contribution is 2.23. The van der Waals surface area contributed by atoms with Crippen LogP contribution in [0, 0.1) is 0 Å². The Morgan fingerprint density at radius 1 is 1.47 bits per heavy atom. The van der Waals surface area contributed by atoms with Gasteiger partial charge in [-0.3, -0.25) is 4.72 Å². The molecule has 0 aliphatic carbocycles. The van der Waals surface area contributed by atoms with Crippen molar-refractivity contribution >= 4 is 33.2 Å². The van der Waals surface area contributed by atoms with Crippen molar-refractivity contribution in [2.24, 2.45) is 0 Å². The molecule has 84 valence electrons. The Kier molecular flexibility index (Phi) is 3.78. The summed E-state index contributed by atoms with van der Waals surface area (Å²) in [7, 11) is -3.56. The predicted octanol–water partition coefficient (Wildman–Crippen LogP) is 1.19. The van der Waals surface area contributed by atoms with Crippen LogP contribution >= 0.6 is 11.6 Å². The lowest BCUT2D eigenvalue weighted by Gasteiger charge is -2.10. The van der Waals surface area contributed by atoms with Gasteiger partial charge in [-0.1, -0.05) is 18.5 Å². The number of nitrogens with one attached hydrogen (secondary N) is 2. The summed E-state index contributed by atoms with van der Waals surface area (Å²) in [6.07, 6.45) is 0. The number of nitrogen functional groups attached to an aromatic ring is 1. The second-order valence-corrected chi connectivity index (χ2v) is 4.77. The van der Waals surface area contributed by atoms with E-state index in [4.69, 9.17) is 17.3 Å². The predicted molar refractivity (Wildman–Crippen MR) is 62.1 cm³/mol. The molecule has 0 aliphatic rings. The lowest BCUT2D eigenvalue weighted by atomic mass is 10.3. The molecular formula is C8H12ClN3O2S. The molecule has 15 heavy (non-hydrogen) atoms. The molecule has 0 radical (unpaired) electrons. The first-order valence-electron chi connectivity index (χ1n) is 4.27. The Balaban J connectivity index is 2.94. The number of nitrogens with two attached hydrogens (primary N) is 1. The summed E-state index contributed by atoms with van der Waals surface area (Å²) in [5.74, 6) is 0. The van der Waals surface area contributed by atoms with E-state index in [9.17, 15) is 8.42 Å². The van der Waals surface area contributed by atoms with Gasteiger partial charge in [0.05, 0.1) is 11.4 Å². The highest BCUT2D eigenvalue weighted by atomic mass is 35.5. The van der Waals surface area contributed by atoms with Crippen LogP contribution in [-0.4, -0.2) is 15.0 Å². The van der Waals surface area contributed by atoms with Gasteiger partial charge < -0.3 is 5.73 Å². The van der Waals surface area contributed by atoms with Crippen LogP contribution in [0.4, 0.5) is 11.4 Å². The fourth-order valence-electron chi connectivity index (χ4n) is 0.988. The van der Waals surface area contributed by atoms with E-state index in [2.05, 4.69) is 9.44 Å². The first-order chi connectivity index (χ1) is 6.94. The van der Waals surface area contributed by atoms with E-state index in [1.807, 2.05) is 0 Å². The third kappa shape index (κ3) is 3.58. The van der Waals surface area contributed by atoms with Gasteiger partial charge in [0.25, 0.3) is 10.2 Å². The number of anilines is 2. The lowest BCUT2D eigenvalue weighted by molar-refractivity contribution is 0.589. The van der Waals surface area contributed by atoms with E-state index in [0.717, 1.165) is 0 Å². The number of benzene rings is 1. The number of hydrogen-bond donors (Lipinski definition) is 3. The van der Waals surface area contributed by atoms with Crippen molar-refractivity contribution in [1.82, 2.24) is 4.72 Å². The zero-order valence-electron chi connectivity index (χ0n) is 8.12. The quantitative estimate of drug-likeness (QED) is 0.701. The Labute approximate surface area is 93.8 Å². The van der Waals surface area contributed by atoms with E-state index in [1.54, 1.807) is 13.0 Å². The van der Waals surface area contributed by atoms with Crippen LogP contribution < -0.4 is 15.2 Å². The highest BCUT2D eigenvalue weighted by Gasteiger charge is 2.10. The summed E-state index contributed by atoms with van der Waals surface area (Å²) in [5.41, 5.74) is 6.17. The Hall–Kier alpha value is -0.980. The Morgan fingerprint density at radius 3 is 2.73 bits per heavy atom. The van der Waals surface area contributed by atoms with Gasteiger partial charge >= 0.3 is 0 Å². The van der Waals surface area contributed by atoms with Crippen LogP contribution in [-0.2, 0) is 10.2 Å². The maximum atomic E-state index is 11.3.